The number of ether oxygens (including phenoxy) is 1. The van der Waals surface area contributed by atoms with Gasteiger partial charge < -0.3 is 10.2 Å². The van der Waals surface area contributed by atoms with E-state index in [1.54, 1.807) is 19.4 Å². The highest BCUT2D eigenvalue weighted by atomic mass is 16.5. The Morgan fingerprint density at radius 2 is 2.12 bits per heavy atom. The number of nitrogens with two attached hydrogens (primary N) is 1. The molecule has 3 N–H and O–H groups in total. The third-order valence-electron chi connectivity index (χ3n) is 2.36. The van der Waals surface area contributed by atoms with Crippen LogP contribution in [0.15, 0.2) is 36.5 Å². The average molecular weight is 230 g/mol. The van der Waals surface area contributed by atoms with Gasteiger partial charge in [-0.1, -0.05) is 24.3 Å². The summed E-state index contributed by atoms with van der Waals surface area (Å²) in [6.07, 6.45) is 1.67. The molecule has 0 aliphatic carbocycles. The lowest BCUT2D eigenvalue weighted by Crippen LogP contribution is -2.09. The summed E-state index contributed by atoms with van der Waals surface area (Å²) in [5, 5.41) is 0. The molecule has 0 aliphatic rings. The molecule has 0 saturated heterocycles. The predicted octanol–water partition coefficient (Wildman–Crippen LogP) is 1.58. The third-order valence-corrected chi connectivity index (χ3v) is 2.36. The number of nitrogens with one attached hydrogen (secondary N) is 1. The van der Waals surface area contributed by atoms with Gasteiger partial charge in [-0.15, -0.1) is 0 Å². The summed E-state index contributed by atoms with van der Waals surface area (Å²) in [4.78, 5) is 8.54. The second-order valence-corrected chi connectivity index (χ2v) is 3.50. The fourth-order valence-corrected chi connectivity index (χ4v) is 1.59. The van der Waals surface area contributed by atoms with Gasteiger partial charge in [0.2, 0.25) is 0 Å². The lowest BCUT2D eigenvalue weighted by Gasteiger charge is -2.08. The molecule has 2 rings (SSSR count). The fraction of sp³-hybridized carbons (Fsp3) is 0.167. The van der Waals surface area contributed by atoms with Crippen LogP contribution in [0.25, 0.3) is 11.4 Å². The van der Waals surface area contributed by atoms with Crippen LogP contribution >= 0.6 is 0 Å². The second-order valence-electron chi connectivity index (χ2n) is 3.50. The number of benzene rings is 1. The number of methoxy groups -OCH3 is 1. The van der Waals surface area contributed by atoms with Crippen molar-refractivity contribution in [3.63, 3.8) is 0 Å². The van der Waals surface area contributed by atoms with Crippen LogP contribution in [-0.4, -0.2) is 17.1 Å². The standard InChI is InChI=1S/C12H14N4O/c1-17-8-9-4-2-3-5-10(9)12-14-7-6-11(15-12)16-13/h2-7H,8,13H2,1H3,(H,14,15,16). The van der Waals surface area contributed by atoms with Crippen molar-refractivity contribution in [1.82, 2.24) is 9.97 Å². The average Bonchev–Trinajstić information content (AvgIpc) is 2.40. The van der Waals surface area contributed by atoms with Gasteiger partial charge in [0.1, 0.15) is 5.82 Å². The van der Waals surface area contributed by atoms with Crippen molar-refractivity contribution in [1.29, 1.82) is 0 Å². The fourth-order valence-electron chi connectivity index (χ4n) is 1.59. The first-order valence-electron chi connectivity index (χ1n) is 5.22. The normalized spacial score (nSPS) is 10.2. The molecule has 0 bridgehead atoms. The first-order chi connectivity index (χ1) is 8.35. The second kappa shape index (κ2) is 5.38. The molecule has 0 fully saturated rings. The highest BCUT2D eigenvalue weighted by Crippen LogP contribution is 2.21. The Kier molecular flexibility index (Phi) is 3.64. The van der Waals surface area contributed by atoms with Crippen LogP contribution in [0.3, 0.4) is 0 Å². The lowest BCUT2D eigenvalue weighted by atomic mass is 10.1. The number of anilines is 1. The topological polar surface area (TPSA) is 73.1 Å². The summed E-state index contributed by atoms with van der Waals surface area (Å²) >= 11 is 0. The zero-order chi connectivity index (χ0) is 12.1. The Morgan fingerprint density at radius 3 is 2.88 bits per heavy atom. The Balaban J connectivity index is 2.44. The molecule has 1 heterocycles. The summed E-state index contributed by atoms with van der Waals surface area (Å²) in [7, 11) is 1.66. The van der Waals surface area contributed by atoms with Crippen LogP contribution in [0.2, 0.25) is 0 Å². The third kappa shape index (κ3) is 2.58. The van der Waals surface area contributed by atoms with E-state index in [1.807, 2.05) is 24.3 Å². The summed E-state index contributed by atoms with van der Waals surface area (Å²) in [6, 6.07) is 9.57. The van der Waals surface area contributed by atoms with Gasteiger partial charge in [0.25, 0.3) is 0 Å². The summed E-state index contributed by atoms with van der Waals surface area (Å²) in [5.41, 5.74) is 4.50. The van der Waals surface area contributed by atoms with Crippen LogP contribution in [0, 0.1) is 0 Å². The van der Waals surface area contributed by atoms with Crippen LogP contribution in [0.1, 0.15) is 5.56 Å². The zero-order valence-electron chi connectivity index (χ0n) is 9.55. The molecule has 0 spiro atoms. The van der Waals surface area contributed by atoms with Crippen LogP contribution in [-0.2, 0) is 11.3 Å². The summed E-state index contributed by atoms with van der Waals surface area (Å²) in [6.45, 7) is 0.528. The number of aromatic nitrogens is 2. The van der Waals surface area contributed by atoms with Crippen LogP contribution < -0.4 is 11.3 Å². The molecule has 2 aromatic rings. The monoisotopic (exact) mass is 230 g/mol. The van der Waals surface area contributed by atoms with Gasteiger partial charge in [0.05, 0.1) is 6.61 Å². The Hall–Kier alpha value is -1.98. The van der Waals surface area contributed by atoms with E-state index in [4.69, 9.17) is 10.6 Å². The highest BCUT2D eigenvalue weighted by molar-refractivity contribution is 5.61. The maximum Gasteiger partial charge on any atom is 0.161 e. The van der Waals surface area contributed by atoms with E-state index in [1.165, 1.54) is 0 Å². The van der Waals surface area contributed by atoms with Gasteiger partial charge in [-0.25, -0.2) is 15.8 Å². The minimum atomic E-state index is 0.528. The maximum absolute atomic E-state index is 5.33. The molecular formula is C12H14N4O. The van der Waals surface area contributed by atoms with Crippen molar-refractivity contribution in [2.45, 2.75) is 6.61 Å². The van der Waals surface area contributed by atoms with E-state index in [0.29, 0.717) is 18.2 Å². The molecule has 0 radical (unpaired) electrons. The van der Waals surface area contributed by atoms with Gasteiger partial charge in [-0.3, -0.25) is 0 Å². The highest BCUT2D eigenvalue weighted by Gasteiger charge is 2.07. The van der Waals surface area contributed by atoms with Crippen molar-refractivity contribution in [2.24, 2.45) is 5.84 Å². The van der Waals surface area contributed by atoms with Crippen molar-refractivity contribution >= 4 is 5.82 Å². The molecular weight excluding hydrogens is 216 g/mol. The van der Waals surface area contributed by atoms with E-state index >= 15 is 0 Å². The molecule has 1 aromatic carbocycles. The van der Waals surface area contributed by atoms with Crippen molar-refractivity contribution < 1.29 is 4.74 Å². The summed E-state index contributed by atoms with van der Waals surface area (Å²) < 4.78 is 5.15. The van der Waals surface area contributed by atoms with Gasteiger partial charge in [0, 0.05) is 24.9 Å². The van der Waals surface area contributed by atoms with E-state index in [2.05, 4.69) is 15.4 Å². The largest absolute Gasteiger partial charge is 0.380 e. The van der Waals surface area contributed by atoms with Gasteiger partial charge in [-0.05, 0) is 5.56 Å². The van der Waals surface area contributed by atoms with Gasteiger partial charge in [0.15, 0.2) is 5.82 Å². The zero-order valence-corrected chi connectivity index (χ0v) is 9.55. The minimum absolute atomic E-state index is 0.528. The smallest absolute Gasteiger partial charge is 0.161 e. The Morgan fingerprint density at radius 1 is 1.29 bits per heavy atom. The molecule has 5 heteroatoms. The molecule has 5 nitrogen and oxygen atoms in total. The number of hydrogen-bond donors (Lipinski definition) is 2. The van der Waals surface area contributed by atoms with E-state index in [-0.39, 0.29) is 0 Å². The number of hydrogen-bond acceptors (Lipinski definition) is 5. The van der Waals surface area contributed by atoms with Gasteiger partial charge >= 0.3 is 0 Å². The van der Waals surface area contributed by atoms with Crippen LogP contribution in [0.4, 0.5) is 5.82 Å². The predicted molar refractivity (Wildman–Crippen MR) is 66.0 cm³/mol. The lowest BCUT2D eigenvalue weighted by molar-refractivity contribution is 0.185. The Bertz CT molecular complexity index is 501. The maximum atomic E-state index is 5.33. The van der Waals surface area contributed by atoms with E-state index in [9.17, 15) is 0 Å². The minimum Gasteiger partial charge on any atom is -0.380 e. The van der Waals surface area contributed by atoms with Crippen molar-refractivity contribution in [3.8, 4) is 11.4 Å². The molecule has 1 aromatic heterocycles. The number of nitrogens with zero attached hydrogens (tertiary/aromatic N) is 2. The SMILES string of the molecule is COCc1ccccc1-c1nccc(NN)n1. The molecule has 0 unspecified atom stereocenters. The van der Waals surface area contributed by atoms with Crippen LogP contribution in [0.5, 0.6) is 0 Å². The van der Waals surface area contributed by atoms with Crippen molar-refractivity contribution in [3.05, 3.63) is 42.1 Å². The quantitative estimate of drug-likeness (QED) is 0.616. The van der Waals surface area contributed by atoms with Gasteiger partial charge in [-0.2, -0.15) is 0 Å². The first-order valence-corrected chi connectivity index (χ1v) is 5.22. The Labute approximate surface area is 99.6 Å². The first kappa shape index (κ1) is 11.5. The molecule has 17 heavy (non-hydrogen) atoms. The number of nitrogen functional groups attached to an aromatic ring is 1. The molecule has 0 amide bonds. The van der Waals surface area contributed by atoms with E-state index in [0.717, 1.165) is 11.1 Å². The number of hydrazine groups is 1. The molecule has 0 aliphatic heterocycles. The molecule has 88 valence electrons. The summed E-state index contributed by atoms with van der Waals surface area (Å²) in [5.74, 6) is 6.55. The number of rotatable bonds is 4. The van der Waals surface area contributed by atoms with Crippen molar-refractivity contribution in [2.75, 3.05) is 12.5 Å². The van der Waals surface area contributed by atoms with E-state index < -0.39 is 0 Å². The molecule has 0 atom stereocenters. The molecule has 0 saturated carbocycles.